The number of carbonyl (C=O) groups is 1. The van der Waals surface area contributed by atoms with E-state index in [0.717, 1.165) is 5.69 Å². The summed E-state index contributed by atoms with van der Waals surface area (Å²) in [4.78, 5) is 10.9. The Labute approximate surface area is 94.1 Å². The smallest absolute Gasteiger partial charge is 0.332 e. The third-order valence-corrected chi connectivity index (χ3v) is 1.89. The first-order valence-electron chi connectivity index (χ1n) is 4.69. The molecule has 1 N–H and O–H groups in total. The zero-order valence-corrected chi connectivity index (χ0v) is 9.15. The van der Waals surface area contributed by atoms with Crippen LogP contribution in [0.2, 0.25) is 0 Å². The Morgan fingerprint density at radius 2 is 2.06 bits per heavy atom. The molecule has 1 aromatic carbocycles. The Kier molecular flexibility index (Phi) is 4.10. The number of methoxy groups -OCH3 is 1. The van der Waals surface area contributed by atoms with Crippen molar-refractivity contribution in [3.63, 3.8) is 0 Å². The van der Waals surface area contributed by atoms with E-state index < -0.39 is 5.97 Å². The molecule has 0 aliphatic rings. The molecule has 0 bridgehead atoms. The van der Waals surface area contributed by atoms with Crippen molar-refractivity contribution in [1.29, 1.82) is 5.26 Å². The standard InChI is InChI=1S/C12H12N2O2/c1-9(7-12(15)16-2)14-11-5-3-10(8-13)4-6-11/h3-7,14H,1-2H3/b9-7-. The lowest BCUT2D eigenvalue weighted by atomic mass is 10.2. The quantitative estimate of drug-likeness (QED) is 0.620. The maximum atomic E-state index is 10.9. The number of nitriles is 1. The van der Waals surface area contributed by atoms with Gasteiger partial charge in [-0.05, 0) is 31.2 Å². The van der Waals surface area contributed by atoms with Gasteiger partial charge >= 0.3 is 5.97 Å². The third kappa shape index (κ3) is 3.46. The lowest BCUT2D eigenvalue weighted by Gasteiger charge is -2.05. The second-order valence-electron chi connectivity index (χ2n) is 3.16. The predicted molar refractivity (Wildman–Crippen MR) is 60.6 cm³/mol. The summed E-state index contributed by atoms with van der Waals surface area (Å²) in [7, 11) is 1.33. The highest BCUT2D eigenvalue weighted by Gasteiger charge is 1.97. The first-order valence-corrected chi connectivity index (χ1v) is 4.69. The number of carbonyl (C=O) groups excluding carboxylic acids is 1. The molecule has 0 unspecified atom stereocenters. The monoisotopic (exact) mass is 216 g/mol. The summed E-state index contributed by atoms with van der Waals surface area (Å²) in [6, 6.07) is 8.98. The van der Waals surface area contributed by atoms with Gasteiger partial charge in [0.15, 0.2) is 0 Å². The minimum Gasteiger partial charge on any atom is -0.466 e. The van der Waals surface area contributed by atoms with Crippen molar-refractivity contribution < 1.29 is 9.53 Å². The maximum absolute atomic E-state index is 10.9. The van der Waals surface area contributed by atoms with Crippen LogP contribution >= 0.6 is 0 Å². The topological polar surface area (TPSA) is 62.1 Å². The highest BCUT2D eigenvalue weighted by molar-refractivity contribution is 5.83. The summed E-state index contributed by atoms with van der Waals surface area (Å²) < 4.78 is 4.50. The van der Waals surface area contributed by atoms with Crippen LogP contribution in [0.5, 0.6) is 0 Å². The van der Waals surface area contributed by atoms with E-state index in [0.29, 0.717) is 11.3 Å². The van der Waals surface area contributed by atoms with E-state index in [1.807, 2.05) is 6.07 Å². The van der Waals surface area contributed by atoms with E-state index in [-0.39, 0.29) is 0 Å². The van der Waals surface area contributed by atoms with E-state index in [2.05, 4.69) is 10.1 Å². The van der Waals surface area contributed by atoms with Crippen LogP contribution in [0.1, 0.15) is 12.5 Å². The van der Waals surface area contributed by atoms with Crippen LogP contribution in [0.3, 0.4) is 0 Å². The average molecular weight is 216 g/mol. The lowest BCUT2D eigenvalue weighted by Crippen LogP contribution is -2.01. The van der Waals surface area contributed by atoms with Crippen molar-refractivity contribution in [1.82, 2.24) is 0 Å². The van der Waals surface area contributed by atoms with Crippen molar-refractivity contribution in [2.24, 2.45) is 0 Å². The van der Waals surface area contributed by atoms with E-state index in [1.165, 1.54) is 13.2 Å². The fraction of sp³-hybridized carbons (Fsp3) is 0.167. The number of rotatable bonds is 3. The van der Waals surface area contributed by atoms with Gasteiger partial charge in [0.1, 0.15) is 0 Å². The Bertz CT molecular complexity index is 441. The minimum atomic E-state index is -0.404. The van der Waals surface area contributed by atoms with Crippen molar-refractivity contribution in [2.75, 3.05) is 12.4 Å². The van der Waals surface area contributed by atoms with Gasteiger partial charge in [-0.15, -0.1) is 0 Å². The fourth-order valence-corrected chi connectivity index (χ4v) is 1.13. The van der Waals surface area contributed by atoms with Gasteiger partial charge in [0.2, 0.25) is 0 Å². The van der Waals surface area contributed by atoms with E-state index in [1.54, 1.807) is 31.2 Å². The van der Waals surface area contributed by atoms with Crippen molar-refractivity contribution >= 4 is 11.7 Å². The number of allylic oxidation sites excluding steroid dienone is 1. The van der Waals surface area contributed by atoms with Crippen LogP contribution in [0, 0.1) is 11.3 Å². The molecule has 0 aliphatic carbocycles. The Morgan fingerprint density at radius 3 is 2.56 bits per heavy atom. The number of nitrogens with one attached hydrogen (secondary N) is 1. The summed E-state index contributed by atoms with van der Waals surface area (Å²) in [5.41, 5.74) is 2.09. The summed E-state index contributed by atoms with van der Waals surface area (Å²) in [5, 5.41) is 11.6. The normalized spacial score (nSPS) is 10.4. The van der Waals surface area contributed by atoms with Gasteiger partial charge in [0.25, 0.3) is 0 Å². The molecule has 16 heavy (non-hydrogen) atoms. The maximum Gasteiger partial charge on any atom is 0.332 e. The highest BCUT2D eigenvalue weighted by atomic mass is 16.5. The summed E-state index contributed by atoms with van der Waals surface area (Å²) >= 11 is 0. The number of hydrogen-bond acceptors (Lipinski definition) is 4. The van der Waals surface area contributed by atoms with Gasteiger partial charge in [-0.2, -0.15) is 5.26 Å². The van der Waals surface area contributed by atoms with Crippen LogP contribution in [0.4, 0.5) is 5.69 Å². The molecule has 0 amide bonds. The number of anilines is 1. The fourth-order valence-electron chi connectivity index (χ4n) is 1.13. The largest absolute Gasteiger partial charge is 0.466 e. The predicted octanol–water partition coefficient (Wildman–Crippen LogP) is 2.05. The molecular weight excluding hydrogens is 204 g/mol. The molecule has 0 atom stereocenters. The summed E-state index contributed by atoms with van der Waals surface area (Å²) in [6.07, 6.45) is 1.36. The van der Waals surface area contributed by atoms with Gasteiger partial charge in [-0.1, -0.05) is 0 Å². The molecule has 0 aliphatic heterocycles. The van der Waals surface area contributed by atoms with Gasteiger partial charge in [0, 0.05) is 17.5 Å². The molecule has 4 nitrogen and oxygen atoms in total. The molecule has 0 saturated carbocycles. The van der Waals surface area contributed by atoms with Gasteiger partial charge in [-0.3, -0.25) is 0 Å². The molecule has 1 aromatic rings. The molecule has 0 radical (unpaired) electrons. The van der Waals surface area contributed by atoms with Gasteiger partial charge < -0.3 is 10.1 Å². The van der Waals surface area contributed by atoms with E-state index in [9.17, 15) is 4.79 Å². The Morgan fingerprint density at radius 1 is 1.44 bits per heavy atom. The molecule has 0 spiro atoms. The van der Waals surface area contributed by atoms with Crippen molar-refractivity contribution in [3.05, 3.63) is 41.6 Å². The number of hydrogen-bond donors (Lipinski definition) is 1. The molecule has 0 heterocycles. The van der Waals surface area contributed by atoms with E-state index in [4.69, 9.17) is 5.26 Å². The molecule has 1 rings (SSSR count). The molecule has 0 saturated heterocycles. The van der Waals surface area contributed by atoms with Crippen LogP contribution in [-0.2, 0) is 9.53 Å². The molecule has 0 fully saturated rings. The molecule has 4 heteroatoms. The third-order valence-electron chi connectivity index (χ3n) is 1.89. The van der Waals surface area contributed by atoms with Gasteiger partial charge in [-0.25, -0.2) is 4.79 Å². The van der Waals surface area contributed by atoms with Gasteiger partial charge in [0.05, 0.1) is 18.7 Å². The Balaban J connectivity index is 2.70. The SMILES string of the molecule is COC(=O)/C=C(/C)Nc1ccc(C#N)cc1. The second-order valence-corrected chi connectivity index (χ2v) is 3.16. The van der Waals surface area contributed by atoms with Crippen LogP contribution in [-0.4, -0.2) is 13.1 Å². The van der Waals surface area contributed by atoms with Crippen molar-refractivity contribution in [2.45, 2.75) is 6.92 Å². The van der Waals surface area contributed by atoms with E-state index >= 15 is 0 Å². The highest BCUT2D eigenvalue weighted by Crippen LogP contribution is 2.11. The van der Waals surface area contributed by atoms with Crippen LogP contribution < -0.4 is 5.32 Å². The number of benzene rings is 1. The number of ether oxygens (including phenoxy) is 1. The second kappa shape index (κ2) is 5.56. The first-order chi connectivity index (χ1) is 7.65. The summed E-state index contributed by atoms with van der Waals surface area (Å²) in [5.74, 6) is -0.404. The van der Waals surface area contributed by atoms with Crippen LogP contribution in [0.25, 0.3) is 0 Å². The molecule has 0 aromatic heterocycles. The molecule has 82 valence electrons. The number of esters is 1. The minimum absolute atomic E-state index is 0.404. The average Bonchev–Trinajstić information content (AvgIpc) is 2.29. The van der Waals surface area contributed by atoms with Crippen molar-refractivity contribution in [3.8, 4) is 6.07 Å². The number of nitrogens with zero attached hydrogens (tertiary/aromatic N) is 1. The zero-order chi connectivity index (χ0) is 12.0. The lowest BCUT2D eigenvalue weighted by molar-refractivity contribution is -0.134. The van der Waals surface area contributed by atoms with Crippen LogP contribution in [0.15, 0.2) is 36.0 Å². The first kappa shape index (κ1) is 11.8. The molecular formula is C12H12N2O2. The zero-order valence-electron chi connectivity index (χ0n) is 9.15. The Hall–Kier alpha value is -2.28. The summed E-state index contributed by atoms with van der Waals surface area (Å²) in [6.45, 7) is 1.76.